The fourth-order valence-corrected chi connectivity index (χ4v) is 4.95. The third-order valence-corrected chi connectivity index (χ3v) is 6.47. The molecule has 1 unspecified atom stereocenters. The van der Waals surface area contributed by atoms with E-state index < -0.39 is 22.0 Å². The minimum absolute atomic E-state index is 0.0791. The highest BCUT2D eigenvalue weighted by atomic mass is 32.2. The lowest BCUT2D eigenvalue weighted by atomic mass is 10.2. The smallest absolute Gasteiger partial charge is 0.326 e. The van der Waals surface area contributed by atoms with Crippen LogP contribution in [-0.4, -0.2) is 24.1 Å². The van der Waals surface area contributed by atoms with Crippen LogP contribution in [0, 0.1) is 6.92 Å². The molecular formula is C18H18N2O4S2. The molecule has 0 bridgehead atoms. The van der Waals surface area contributed by atoms with Crippen LogP contribution in [0.25, 0.3) is 10.2 Å². The summed E-state index contributed by atoms with van der Waals surface area (Å²) in [5.41, 5.74) is 1.60. The van der Waals surface area contributed by atoms with Crippen LogP contribution in [0.4, 0.5) is 0 Å². The molecule has 0 fully saturated rings. The van der Waals surface area contributed by atoms with Gasteiger partial charge in [-0.15, -0.1) is 4.40 Å². The molecule has 0 saturated heterocycles. The molecule has 1 heterocycles. The van der Waals surface area contributed by atoms with Crippen molar-refractivity contribution >= 4 is 37.5 Å². The summed E-state index contributed by atoms with van der Waals surface area (Å²) in [6, 6.07) is 12.7. The number of benzene rings is 2. The Morgan fingerprint density at radius 2 is 1.85 bits per heavy atom. The summed E-state index contributed by atoms with van der Waals surface area (Å²) in [6.07, 6.45) is 0.313. The summed E-state index contributed by atoms with van der Waals surface area (Å²) in [5.74, 6) is -1.02. The summed E-state index contributed by atoms with van der Waals surface area (Å²) in [6.45, 7) is 3.61. The number of thiazole rings is 1. The van der Waals surface area contributed by atoms with Crippen molar-refractivity contribution in [1.82, 2.24) is 4.57 Å². The number of aryl methyl sites for hydroxylation is 1. The molecule has 26 heavy (non-hydrogen) atoms. The Balaban J connectivity index is 2.28. The van der Waals surface area contributed by atoms with Gasteiger partial charge in [-0.05, 0) is 37.6 Å². The molecule has 136 valence electrons. The van der Waals surface area contributed by atoms with E-state index in [-0.39, 0.29) is 9.70 Å². The number of hydrogen-bond donors (Lipinski definition) is 1. The molecule has 0 aliphatic carbocycles. The molecule has 3 aromatic rings. The first-order valence-electron chi connectivity index (χ1n) is 8.04. The molecule has 3 rings (SSSR count). The number of rotatable bonds is 5. The van der Waals surface area contributed by atoms with Gasteiger partial charge in [-0.3, -0.25) is 0 Å². The van der Waals surface area contributed by atoms with Gasteiger partial charge in [0.1, 0.15) is 6.04 Å². The van der Waals surface area contributed by atoms with Crippen LogP contribution >= 0.6 is 11.3 Å². The minimum atomic E-state index is -3.95. The number of aliphatic carboxylic acids is 1. The summed E-state index contributed by atoms with van der Waals surface area (Å²) < 4.78 is 31.7. The van der Waals surface area contributed by atoms with Crippen LogP contribution in [0.2, 0.25) is 0 Å². The van der Waals surface area contributed by atoms with Gasteiger partial charge in [-0.2, -0.15) is 8.42 Å². The van der Waals surface area contributed by atoms with Crippen molar-refractivity contribution in [2.75, 3.05) is 0 Å². The van der Waals surface area contributed by atoms with E-state index >= 15 is 0 Å². The van der Waals surface area contributed by atoms with E-state index in [2.05, 4.69) is 4.40 Å². The highest BCUT2D eigenvalue weighted by Gasteiger charge is 2.23. The summed E-state index contributed by atoms with van der Waals surface area (Å²) in [5, 5.41) is 9.57. The molecular weight excluding hydrogens is 372 g/mol. The zero-order valence-corrected chi connectivity index (χ0v) is 15.9. The molecule has 0 aliphatic rings. The number of carbonyl (C=O) groups is 1. The number of nitrogens with zero attached hydrogens (tertiary/aromatic N) is 2. The van der Waals surface area contributed by atoms with E-state index in [4.69, 9.17) is 0 Å². The van der Waals surface area contributed by atoms with Gasteiger partial charge in [-0.1, -0.05) is 48.1 Å². The maximum absolute atomic E-state index is 12.7. The van der Waals surface area contributed by atoms with Crippen molar-refractivity contribution in [3.63, 3.8) is 0 Å². The highest BCUT2D eigenvalue weighted by Crippen LogP contribution is 2.23. The number of fused-ring (bicyclic) bond motifs is 1. The number of hydrogen-bond acceptors (Lipinski definition) is 4. The molecule has 0 amide bonds. The van der Waals surface area contributed by atoms with Gasteiger partial charge in [0, 0.05) is 0 Å². The number of carboxylic acids is 1. The van der Waals surface area contributed by atoms with Crippen molar-refractivity contribution < 1.29 is 18.3 Å². The normalized spacial score (nSPS) is 13.8. The largest absolute Gasteiger partial charge is 0.480 e. The van der Waals surface area contributed by atoms with Crippen LogP contribution in [0.15, 0.2) is 57.8 Å². The first-order chi connectivity index (χ1) is 12.3. The first kappa shape index (κ1) is 18.3. The standard InChI is InChI=1S/C18H18N2O4S2/c1-3-14(17(21)22)20-15-6-4-5-7-16(15)25-18(20)19-26(23,24)13-10-8-12(2)9-11-13/h4-11,14H,3H2,1-2H3,(H,21,22). The van der Waals surface area contributed by atoms with Gasteiger partial charge in [0.15, 0.2) is 0 Å². The Morgan fingerprint density at radius 3 is 2.46 bits per heavy atom. The van der Waals surface area contributed by atoms with Crippen LogP contribution in [0.3, 0.4) is 0 Å². The monoisotopic (exact) mass is 390 g/mol. The molecule has 2 aromatic carbocycles. The fourth-order valence-electron chi connectivity index (χ4n) is 2.69. The van der Waals surface area contributed by atoms with Gasteiger partial charge in [0.05, 0.1) is 15.1 Å². The second kappa shape index (κ2) is 7.05. The Morgan fingerprint density at radius 1 is 1.19 bits per heavy atom. The second-order valence-electron chi connectivity index (χ2n) is 5.86. The van der Waals surface area contributed by atoms with E-state index in [9.17, 15) is 18.3 Å². The molecule has 8 heteroatoms. The Kier molecular flexibility index (Phi) is 4.97. The topological polar surface area (TPSA) is 88.7 Å². The lowest BCUT2D eigenvalue weighted by Crippen LogP contribution is -2.27. The fraction of sp³-hybridized carbons (Fsp3) is 0.222. The average molecular weight is 390 g/mol. The second-order valence-corrected chi connectivity index (χ2v) is 8.48. The van der Waals surface area contributed by atoms with Gasteiger partial charge < -0.3 is 9.67 Å². The summed E-state index contributed by atoms with van der Waals surface area (Å²) >= 11 is 1.16. The number of carboxylic acid groups (broad SMARTS) is 1. The van der Waals surface area contributed by atoms with Crippen molar-refractivity contribution in [2.45, 2.75) is 31.2 Å². The summed E-state index contributed by atoms with van der Waals surface area (Å²) in [4.78, 5) is 11.9. The van der Waals surface area contributed by atoms with E-state index in [0.717, 1.165) is 21.6 Å². The third kappa shape index (κ3) is 3.42. The zero-order valence-electron chi connectivity index (χ0n) is 14.3. The van der Waals surface area contributed by atoms with E-state index in [1.807, 2.05) is 19.1 Å². The molecule has 0 aliphatic heterocycles. The van der Waals surface area contributed by atoms with Crippen molar-refractivity contribution in [3.05, 3.63) is 58.9 Å². The number of sulfonamides is 1. The van der Waals surface area contributed by atoms with Crippen molar-refractivity contribution in [2.24, 2.45) is 4.40 Å². The predicted molar refractivity (Wildman–Crippen MR) is 101 cm³/mol. The molecule has 0 radical (unpaired) electrons. The van der Waals surface area contributed by atoms with Gasteiger partial charge in [0.2, 0.25) is 4.80 Å². The first-order valence-corrected chi connectivity index (χ1v) is 10.3. The van der Waals surface area contributed by atoms with Crippen molar-refractivity contribution in [1.29, 1.82) is 0 Å². The average Bonchev–Trinajstić information content (AvgIpc) is 2.93. The Bertz CT molecular complexity index is 1130. The molecule has 0 saturated carbocycles. The summed E-state index contributed by atoms with van der Waals surface area (Å²) in [7, 11) is -3.95. The quantitative estimate of drug-likeness (QED) is 0.724. The van der Waals surface area contributed by atoms with E-state index in [0.29, 0.717) is 11.9 Å². The minimum Gasteiger partial charge on any atom is -0.480 e. The third-order valence-electron chi connectivity index (χ3n) is 4.03. The number of para-hydroxylation sites is 1. The lowest BCUT2D eigenvalue weighted by molar-refractivity contribution is -0.140. The SMILES string of the molecule is CCC(C(=O)O)n1c(=NS(=O)(=O)c2ccc(C)cc2)sc2ccccc21. The molecule has 0 spiro atoms. The molecule has 6 nitrogen and oxygen atoms in total. The highest BCUT2D eigenvalue weighted by molar-refractivity contribution is 7.90. The lowest BCUT2D eigenvalue weighted by Gasteiger charge is -2.13. The molecule has 1 atom stereocenters. The van der Waals surface area contributed by atoms with Crippen LogP contribution in [-0.2, 0) is 14.8 Å². The maximum atomic E-state index is 12.7. The van der Waals surface area contributed by atoms with Crippen LogP contribution in [0.1, 0.15) is 24.9 Å². The Hall–Kier alpha value is -2.45. The van der Waals surface area contributed by atoms with Gasteiger partial charge in [0.25, 0.3) is 10.0 Å². The Labute approximate surface area is 155 Å². The van der Waals surface area contributed by atoms with Gasteiger partial charge >= 0.3 is 5.97 Å². The van der Waals surface area contributed by atoms with Crippen LogP contribution < -0.4 is 4.80 Å². The number of aromatic nitrogens is 1. The predicted octanol–water partition coefficient (Wildman–Crippen LogP) is 3.34. The molecule has 1 aromatic heterocycles. The zero-order chi connectivity index (χ0) is 18.9. The van der Waals surface area contributed by atoms with Crippen molar-refractivity contribution in [3.8, 4) is 0 Å². The van der Waals surface area contributed by atoms with Gasteiger partial charge in [-0.25, -0.2) is 4.79 Å². The maximum Gasteiger partial charge on any atom is 0.326 e. The van der Waals surface area contributed by atoms with E-state index in [1.165, 1.54) is 16.7 Å². The molecule has 1 N–H and O–H groups in total. The van der Waals surface area contributed by atoms with Crippen LogP contribution in [0.5, 0.6) is 0 Å². The van der Waals surface area contributed by atoms with E-state index in [1.54, 1.807) is 31.2 Å².